The van der Waals surface area contributed by atoms with E-state index in [0.717, 1.165) is 0 Å². The fourth-order valence-electron chi connectivity index (χ4n) is 2.07. The van der Waals surface area contributed by atoms with Crippen molar-refractivity contribution in [2.45, 2.75) is 26.5 Å². The lowest BCUT2D eigenvalue weighted by atomic mass is 10.2. The Bertz CT molecular complexity index is 813. The van der Waals surface area contributed by atoms with Crippen molar-refractivity contribution in [2.24, 2.45) is 0 Å². The third-order valence-corrected chi connectivity index (χ3v) is 3.75. The normalized spacial score (nSPS) is 12.6. The molecule has 2 heterocycles. The SMILES string of the molecule is Cc1nn(C(C)c2nnc(-c3ccc(OC(F)F)cc3)o2)cc1Cl. The highest BCUT2D eigenvalue weighted by Crippen LogP contribution is 2.26. The molecule has 0 aliphatic carbocycles. The second-order valence-corrected chi connectivity index (χ2v) is 5.47. The maximum atomic E-state index is 12.1. The lowest BCUT2D eigenvalue weighted by molar-refractivity contribution is -0.0498. The van der Waals surface area contributed by atoms with Crippen molar-refractivity contribution in [1.82, 2.24) is 20.0 Å². The number of ether oxygens (including phenoxy) is 1. The Kier molecular flexibility index (Phi) is 4.48. The Morgan fingerprint density at radius 2 is 1.92 bits per heavy atom. The maximum Gasteiger partial charge on any atom is 0.387 e. The van der Waals surface area contributed by atoms with Crippen LogP contribution in [-0.4, -0.2) is 26.6 Å². The smallest absolute Gasteiger partial charge is 0.387 e. The standard InChI is InChI=1S/C15H13ClF2N4O2/c1-8-12(16)7-22(21-8)9(2)13-19-20-14(24-13)10-3-5-11(6-4-10)23-15(17)18/h3-7,9,15H,1-2H3. The van der Waals surface area contributed by atoms with Gasteiger partial charge in [-0.05, 0) is 38.1 Å². The van der Waals surface area contributed by atoms with E-state index in [4.69, 9.17) is 16.0 Å². The number of alkyl halides is 2. The van der Waals surface area contributed by atoms with E-state index in [9.17, 15) is 8.78 Å². The molecule has 0 N–H and O–H groups in total. The van der Waals surface area contributed by atoms with Gasteiger partial charge in [-0.25, -0.2) is 0 Å². The average molecular weight is 355 g/mol. The van der Waals surface area contributed by atoms with E-state index in [-0.39, 0.29) is 17.7 Å². The van der Waals surface area contributed by atoms with Crippen molar-refractivity contribution in [2.75, 3.05) is 0 Å². The number of aryl methyl sites for hydroxylation is 1. The van der Waals surface area contributed by atoms with E-state index in [1.165, 1.54) is 12.1 Å². The number of nitrogens with zero attached hydrogens (tertiary/aromatic N) is 4. The third kappa shape index (κ3) is 3.38. The number of hydrogen-bond acceptors (Lipinski definition) is 5. The molecule has 0 spiro atoms. The van der Waals surface area contributed by atoms with Crippen LogP contribution in [0.5, 0.6) is 5.75 Å². The molecule has 0 aliphatic heterocycles. The van der Waals surface area contributed by atoms with Crippen LogP contribution in [0.2, 0.25) is 5.02 Å². The van der Waals surface area contributed by atoms with Crippen molar-refractivity contribution in [1.29, 1.82) is 0 Å². The van der Waals surface area contributed by atoms with Crippen LogP contribution in [0.1, 0.15) is 24.6 Å². The van der Waals surface area contributed by atoms with E-state index in [1.54, 1.807) is 29.9 Å². The molecule has 3 aromatic rings. The fourth-order valence-corrected chi connectivity index (χ4v) is 2.21. The number of rotatable bonds is 5. The summed E-state index contributed by atoms with van der Waals surface area (Å²) in [6, 6.07) is 5.65. The summed E-state index contributed by atoms with van der Waals surface area (Å²) < 4.78 is 35.9. The van der Waals surface area contributed by atoms with Crippen LogP contribution in [-0.2, 0) is 0 Å². The van der Waals surface area contributed by atoms with E-state index in [0.29, 0.717) is 22.2 Å². The molecule has 0 fully saturated rings. The molecule has 3 rings (SSSR count). The molecule has 0 aliphatic rings. The minimum atomic E-state index is -2.86. The number of halogens is 3. The summed E-state index contributed by atoms with van der Waals surface area (Å²) in [5, 5.41) is 12.8. The Balaban J connectivity index is 1.79. The molecule has 0 saturated carbocycles. The molecule has 1 unspecified atom stereocenters. The van der Waals surface area contributed by atoms with Crippen LogP contribution in [0.25, 0.3) is 11.5 Å². The molecule has 0 radical (unpaired) electrons. The van der Waals surface area contributed by atoms with Gasteiger partial charge in [0, 0.05) is 11.8 Å². The average Bonchev–Trinajstić information content (AvgIpc) is 3.15. The predicted octanol–water partition coefficient (Wildman–Crippen LogP) is 4.11. The highest BCUT2D eigenvalue weighted by molar-refractivity contribution is 6.31. The second-order valence-electron chi connectivity index (χ2n) is 5.07. The first-order valence-corrected chi connectivity index (χ1v) is 7.41. The Morgan fingerprint density at radius 1 is 1.21 bits per heavy atom. The maximum absolute atomic E-state index is 12.1. The molecule has 1 aromatic carbocycles. The zero-order valence-corrected chi connectivity index (χ0v) is 13.5. The van der Waals surface area contributed by atoms with Gasteiger partial charge in [-0.2, -0.15) is 13.9 Å². The van der Waals surface area contributed by atoms with Gasteiger partial charge in [0.1, 0.15) is 11.8 Å². The first kappa shape index (κ1) is 16.4. The van der Waals surface area contributed by atoms with Crippen LogP contribution < -0.4 is 4.74 Å². The van der Waals surface area contributed by atoms with Crippen molar-refractivity contribution >= 4 is 11.6 Å². The monoisotopic (exact) mass is 354 g/mol. The van der Waals surface area contributed by atoms with Gasteiger partial charge in [-0.1, -0.05) is 11.6 Å². The molecule has 1 atom stereocenters. The van der Waals surface area contributed by atoms with Gasteiger partial charge in [-0.15, -0.1) is 10.2 Å². The van der Waals surface area contributed by atoms with E-state index in [1.807, 2.05) is 6.92 Å². The van der Waals surface area contributed by atoms with Gasteiger partial charge < -0.3 is 9.15 Å². The van der Waals surface area contributed by atoms with Gasteiger partial charge in [0.25, 0.3) is 0 Å². The lowest BCUT2D eigenvalue weighted by Crippen LogP contribution is -2.07. The van der Waals surface area contributed by atoms with Crippen LogP contribution in [0.3, 0.4) is 0 Å². The van der Waals surface area contributed by atoms with Gasteiger partial charge in [-0.3, -0.25) is 4.68 Å². The van der Waals surface area contributed by atoms with E-state index < -0.39 is 6.61 Å². The third-order valence-electron chi connectivity index (χ3n) is 3.38. The van der Waals surface area contributed by atoms with Gasteiger partial charge in [0.15, 0.2) is 0 Å². The number of benzene rings is 1. The van der Waals surface area contributed by atoms with E-state index >= 15 is 0 Å². The molecule has 9 heteroatoms. The van der Waals surface area contributed by atoms with Crippen molar-refractivity contribution < 1.29 is 17.9 Å². The molecule has 0 amide bonds. The highest BCUT2D eigenvalue weighted by atomic mass is 35.5. The Labute approximate surface area is 141 Å². The van der Waals surface area contributed by atoms with Crippen molar-refractivity contribution in [3.63, 3.8) is 0 Å². The summed E-state index contributed by atoms with van der Waals surface area (Å²) >= 11 is 6.00. The molecular weight excluding hydrogens is 342 g/mol. The first-order valence-electron chi connectivity index (χ1n) is 7.04. The van der Waals surface area contributed by atoms with Gasteiger partial charge >= 0.3 is 6.61 Å². The summed E-state index contributed by atoms with van der Waals surface area (Å²) in [7, 11) is 0. The molecule has 2 aromatic heterocycles. The van der Waals surface area contributed by atoms with E-state index in [2.05, 4.69) is 20.0 Å². The summed E-state index contributed by atoms with van der Waals surface area (Å²) in [6.45, 7) is 0.782. The topological polar surface area (TPSA) is 66.0 Å². The van der Waals surface area contributed by atoms with Crippen LogP contribution in [0.15, 0.2) is 34.9 Å². The van der Waals surface area contributed by atoms with Crippen LogP contribution in [0.4, 0.5) is 8.78 Å². The zero-order valence-electron chi connectivity index (χ0n) is 12.8. The van der Waals surface area contributed by atoms with Crippen molar-refractivity contribution in [3.8, 4) is 17.2 Å². The predicted molar refractivity (Wildman–Crippen MR) is 82.2 cm³/mol. The van der Waals surface area contributed by atoms with Gasteiger partial charge in [0.2, 0.25) is 11.8 Å². The summed E-state index contributed by atoms with van der Waals surface area (Å²) in [6.07, 6.45) is 1.68. The minimum absolute atomic E-state index is 0.0588. The molecule has 6 nitrogen and oxygen atoms in total. The summed E-state index contributed by atoms with van der Waals surface area (Å²) in [4.78, 5) is 0. The highest BCUT2D eigenvalue weighted by Gasteiger charge is 2.18. The first-order chi connectivity index (χ1) is 11.4. The Morgan fingerprint density at radius 3 is 2.50 bits per heavy atom. The summed E-state index contributed by atoms with van der Waals surface area (Å²) in [5.74, 6) is 0.691. The lowest BCUT2D eigenvalue weighted by Gasteiger charge is -2.06. The molecular formula is C15H13ClF2N4O2. The molecule has 0 saturated heterocycles. The van der Waals surface area contributed by atoms with Crippen LogP contribution in [0, 0.1) is 6.92 Å². The van der Waals surface area contributed by atoms with Crippen LogP contribution >= 0.6 is 11.6 Å². The minimum Gasteiger partial charge on any atom is -0.435 e. The molecule has 0 bridgehead atoms. The quantitative estimate of drug-likeness (QED) is 0.690. The number of hydrogen-bond donors (Lipinski definition) is 0. The summed E-state index contributed by atoms with van der Waals surface area (Å²) in [5.41, 5.74) is 1.30. The van der Waals surface area contributed by atoms with Crippen molar-refractivity contribution in [3.05, 3.63) is 47.1 Å². The van der Waals surface area contributed by atoms with Gasteiger partial charge in [0.05, 0.1) is 10.7 Å². The number of aromatic nitrogens is 4. The fraction of sp³-hybridized carbons (Fsp3) is 0.267. The molecule has 126 valence electrons. The largest absolute Gasteiger partial charge is 0.435 e. The second kappa shape index (κ2) is 6.56. The Hall–Kier alpha value is -2.48. The zero-order chi connectivity index (χ0) is 17.3. The molecule has 24 heavy (non-hydrogen) atoms.